The topological polar surface area (TPSA) is 189 Å². The largest absolute Gasteiger partial charge is 0.394 e. The van der Waals surface area contributed by atoms with Crippen molar-refractivity contribution in [2.75, 3.05) is 13.2 Å². The summed E-state index contributed by atoms with van der Waals surface area (Å²) in [7, 11) is 0. The molecule has 0 saturated carbocycles. The summed E-state index contributed by atoms with van der Waals surface area (Å²) in [6.45, 7) is 3.49. The number of hydrogen-bond donors (Lipinski definition) is 8. The second-order valence-corrected chi connectivity index (χ2v) is 22.5. The molecule has 0 aromatic rings. The highest BCUT2D eigenvalue weighted by atomic mass is 16.7. The molecular formula is C62H121NO10. The summed E-state index contributed by atoms with van der Waals surface area (Å²) in [5.74, 6) is -0.699. The molecule has 1 heterocycles. The Kier molecular flexibility index (Phi) is 49.4. The molecule has 434 valence electrons. The minimum absolute atomic E-state index is 0.260. The monoisotopic (exact) mass is 1040 g/mol. The first-order valence-electron chi connectivity index (χ1n) is 31.6. The summed E-state index contributed by atoms with van der Waals surface area (Å²) in [5.41, 5.74) is 0. The molecule has 0 aromatic heterocycles. The van der Waals surface area contributed by atoms with Crippen LogP contribution in [0.1, 0.15) is 309 Å². The number of aliphatic hydroxyl groups excluding tert-OH is 7. The van der Waals surface area contributed by atoms with Crippen molar-refractivity contribution in [3.63, 3.8) is 0 Å². The van der Waals surface area contributed by atoms with Crippen molar-refractivity contribution >= 4 is 5.91 Å². The molecule has 0 aliphatic carbocycles. The van der Waals surface area contributed by atoms with E-state index in [0.29, 0.717) is 12.8 Å². The smallest absolute Gasteiger partial charge is 0.249 e. The number of carbonyl (C=O) groups is 1. The van der Waals surface area contributed by atoms with Gasteiger partial charge in [-0.3, -0.25) is 4.79 Å². The Labute approximate surface area is 449 Å². The zero-order chi connectivity index (χ0) is 53.3. The lowest BCUT2D eigenvalue weighted by atomic mass is 9.98. The zero-order valence-electron chi connectivity index (χ0n) is 47.6. The third-order valence-electron chi connectivity index (χ3n) is 15.6. The van der Waals surface area contributed by atoms with Crippen LogP contribution in [0.15, 0.2) is 12.2 Å². The Morgan fingerprint density at radius 2 is 0.808 bits per heavy atom. The van der Waals surface area contributed by atoms with Crippen molar-refractivity contribution in [1.82, 2.24) is 5.32 Å². The van der Waals surface area contributed by atoms with Gasteiger partial charge in [0, 0.05) is 0 Å². The molecule has 9 atom stereocenters. The van der Waals surface area contributed by atoms with Crippen LogP contribution in [0.25, 0.3) is 0 Å². The van der Waals surface area contributed by atoms with Gasteiger partial charge < -0.3 is 50.5 Å². The molecule has 11 heteroatoms. The average molecular weight is 1040 g/mol. The van der Waals surface area contributed by atoms with Crippen LogP contribution in [-0.4, -0.2) is 110 Å². The van der Waals surface area contributed by atoms with Crippen LogP contribution < -0.4 is 5.32 Å². The van der Waals surface area contributed by atoms with Gasteiger partial charge in [0.1, 0.15) is 36.6 Å². The average Bonchev–Trinajstić information content (AvgIpc) is 3.39. The molecule has 1 amide bonds. The van der Waals surface area contributed by atoms with E-state index >= 15 is 0 Å². The molecule has 73 heavy (non-hydrogen) atoms. The van der Waals surface area contributed by atoms with E-state index in [4.69, 9.17) is 9.47 Å². The van der Waals surface area contributed by atoms with E-state index < -0.39 is 74.2 Å². The second kappa shape index (κ2) is 51.6. The third kappa shape index (κ3) is 39.8. The quantitative estimate of drug-likeness (QED) is 0.0215. The van der Waals surface area contributed by atoms with Crippen LogP contribution >= 0.6 is 0 Å². The van der Waals surface area contributed by atoms with Crippen LogP contribution in [0.3, 0.4) is 0 Å². The maximum Gasteiger partial charge on any atom is 0.249 e. The van der Waals surface area contributed by atoms with E-state index in [-0.39, 0.29) is 12.8 Å². The van der Waals surface area contributed by atoms with E-state index in [1.165, 1.54) is 231 Å². The molecule has 1 aliphatic rings. The Morgan fingerprint density at radius 1 is 0.466 bits per heavy atom. The van der Waals surface area contributed by atoms with Crippen molar-refractivity contribution in [2.45, 2.75) is 364 Å². The SMILES string of the molecule is CCCCCCCCCCCCCCCCCCCC/C=C/CCCC(O)C(O)C(COC1OC(CO)C(O)C(O)C1O)NC(=O)C(O)CCCCCCCCCCCCCCCCCCCCCCCCC. The Morgan fingerprint density at radius 3 is 1.18 bits per heavy atom. The number of allylic oxidation sites excluding steroid dienone is 2. The van der Waals surface area contributed by atoms with Crippen LogP contribution in [0.2, 0.25) is 0 Å². The maximum absolute atomic E-state index is 13.2. The highest BCUT2D eigenvalue weighted by molar-refractivity contribution is 5.80. The van der Waals surface area contributed by atoms with Crippen molar-refractivity contribution in [3.05, 3.63) is 12.2 Å². The number of aliphatic hydroxyl groups is 7. The summed E-state index contributed by atoms with van der Waals surface area (Å²) in [6.07, 6.45) is 49.9. The maximum atomic E-state index is 13.2. The Bertz CT molecular complexity index is 1190. The van der Waals surface area contributed by atoms with E-state index in [9.17, 15) is 40.5 Å². The van der Waals surface area contributed by atoms with Crippen LogP contribution in [0.4, 0.5) is 0 Å². The third-order valence-corrected chi connectivity index (χ3v) is 15.6. The first kappa shape index (κ1) is 69.9. The lowest BCUT2D eigenvalue weighted by molar-refractivity contribution is -0.303. The molecule has 1 saturated heterocycles. The van der Waals surface area contributed by atoms with Crippen molar-refractivity contribution in [3.8, 4) is 0 Å². The molecule has 0 aromatic carbocycles. The lowest BCUT2D eigenvalue weighted by Crippen LogP contribution is -2.60. The molecule has 0 radical (unpaired) electrons. The van der Waals surface area contributed by atoms with Crippen molar-refractivity contribution in [1.29, 1.82) is 0 Å². The van der Waals surface area contributed by atoms with Crippen LogP contribution in [0, 0.1) is 0 Å². The van der Waals surface area contributed by atoms with Gasteiger partial charge in [0.25, 0.3) is 0 Å². The minimum Gasteiger partial charge on any atom is -0.394 e. The summed E-state index contributed by atoms with van der Waals surface area (Å²) in [6, 6.07) is -1.18. The number of nitrogens with one attached hydrogen (secondary N) is 1. The Balaban J connectivity index is 2.27. The van der Waals surface area contributed by atoms with Crippen LogP contribution in [-0.2, 0) is 14.3 Å². The van der Waals surface area contributed by atoms with Gasteiger partial charge in [-0.25, -0.2) is 0 Å². The first-order chi connectivity index (χ1) is 35.7. The lowest BCUT2D eigenvalue weighted by Gasteiger charge is -2.40. The zero-order valence-corrected chi connectivity index (χ0v) is 47.6. The van der Waals surface area contributed by atoms with Gasteiger partial charge in [0.05, 0.1) is 25.4 Å². The minimum atomic E-state index is -1.67. The normalized spacial score (nSPS) is 19.9. The van der Waals surface area contributed by atoms with E-state index in [0.717, 1.165) is 38.5 Å². The molecule has 0 bridgehead atoms. The molecule has 1 rings (SSSR count). The van der Waals surface area contributed by atoms with Gasteiger partial charge in [-0.1, -0.05) is 283 Å². The highest BCUT2D eigenvalue weighted by Crippen LogP contribution is 2.24. The molecule has 8 N–H and O–H groups in total. The number of amides is 1. The molecular weight excluding hydrogens is 919 g/mol. The number of hydrogen-bond acceptors (Lipinski definition) is 10. The fraction of sp³-hybridized carbons (Fsp3) is 0.952. The summed E-state index contributed by atoms with van der Waals surface area (Å²) < 4.78 is 11.2. The molecule has 9 unspecified atom stereocenters. The first-order valence-corrected chi connectivity index (χ1v) is 31.6. The molecule has 11 nitrogen and oxygen atoms in total. The van der Waals surface area contributed by atoms with Crippen molar-refractivity contribution < 1.29 is 50.0 Å². The van der Waals surface area contributed by atoms with Gasteiger partial charge in [0.15, 0.2) is 6.29 Å². The molecule has 1 fully saturated rings. The Hall–Kier alpha value is -1.15. The fourth-order valence-corrected chi connectivity index (χ4v) is 10.4. The van der Waals surface area contributed by atoms with E-state index in [2.05, 4.69) is 31.3 Å². The fourth-order valence-electron chi connectivity index (χ4n) is 10.4. The predicted molar refractivity (Wildman–Crippen MR) is 303 cm³/mol. The summed E-state index contributed by atoms with van der Waals surface area (Å²) in [5, 5.41) is 76.3. The highest BCUT2D eigenvalue weighted by Gasteiger charge is 2.44. The summed E-state index contributed by atoms with van der Waals surface area (Å²) >= 11 is 0. The van der Waals surface area contributed by atoms with Gasteiger partial charge in [-0.15, -0.1) is 0 Å². The predicted octanol–water partition coefficient (Wildman–Crippen LogP) is 13.9. The van der Waals surface area contributed by atoms with Crippen molar-refractivity contribution in [2.24, 2.45) is 0 Å². The van der Waals surface area contributed by atoms with E-state index in [1.54, 1.807) is 0 Å². The van der Waals surface area contributed by atoms with Gasteiger partial charge >= 0.3 is 0 Å². The number of ether oxygens (including phenoxy) is 2. The number of rotatable bonds is 55. The second-order valence-electron chi connectivity index (χ2n) is 22.5. The van der Waals surface area contributed by atoms with Gasteiger partial charge in [-0.05, 0) is 38.5 Å². The van der Waals surface area contributed by atoms with Crippen LogP contribution in [0.5, 0.6) is 0 Å². The standard InChI is InChI=1S/C62H121NO10/c1-3-5-7-9-11-13-15-17-19-21-23-25-27-29-31-33-35-37-39-41-43-45-47-49-54(65)57(67)53(52-72-62-60(70)59(69)58(68)56(51-64)73-62)63-61(71)55(66)50-48-46-44-42-40-38-36-34-32-30-28-26-24-22-20-18-16-14-12-10-8-6-4-2/h41,43,53-60,62,64-70H,3-40,42,44-52H2,1-2H3,(H,63,71)/b43-41+. The molecule has 0 spiro atoms. The number of carbonyl (C=O) groups excluding carboxylic acids is 1. The molecule has 1 aliphatic heterocycles. The van der Waals surface area contributed by atoms with Gasteiger partial charge in [-0.2, -0.15) is 0 Å². The van der Waals surface area contributed by atoms with Gasteiger partial charge in [0.2, 0.25) is 5.91 Å². The number of unbranched alkanes of at least 4 members (excludes halogenated alkanes) is 41. The van der Waals surface area contributed by atoms with E-state index in [1.807, 2.05) is 0 Å². The summed E-state index contributed by atoms with van der Waals surface area (Å²) in [4.78, 5) is 13.2.